The summed E-state index contributed by atoms with van der Waals surface area (Å²) >= 11 is 0. The second-order valence-electron chi connectivity index (χ2n) is 7.36. The Bertz CT molecular complexity index is 1290. The quantitative estimate of drug-likeness (QED) is 0.413. The minimum absolute atomic E-state index is 0.0190. The van der Waals surface area contributed by atoms with E-state index in [-0.39, 0.29) is 37.4 Å². The van der Waals surface area contributed by atoms with Crippen LogP contribution in [0.5, 0.6) is 0 Å². The number of hydrogen-bond acceptors (Lipinski definition) is 7. The van der Waals surface area contributed by atoms with Crippen molar-refractivity contribution in [2.24, 2.45) is 0 Å². The summed E-state index contributed by atoms with van der Waals surface area (Å²) in [6, 6.07) is 16.6. The molecule has 0 N–H and O–H groups in total. The number of rotatable bonds is 9. The largest absolute Gasteiger partial charge is 0.450 e. The van der Waals surface area contributed by atoms with Crippen LogP contribution < -0.4 is 0 Å². The Morgan fingerprint density at radius 1 is 1.00 bits per heavy atom. The Balaban J connectivity index is 1.87. The lowest BCUT2D eigenvalue weighted by Gasteiger charge is -2.19. The molecular weight excluding hydrogens is 477 g/mol. The molecule has 0 radical (unpaired) electrons. The van der Waals surface area contributed by atoms with Crippen molar-refractivity contribution in [1.82, 2.24) is 19.7 Å². The lowest BCUT2D eigenvalue weighted by atomic mass is 10.2. The van der Waals surface area contributed by atoms with E-state index < -0.39 is 36.0 Å². The summed E-state index contributed by atoms with van der Waals surface area (Å²) in [5.41, 5.74) is -0.402. The Morgan fingerprint density at radius 2 is 1.67 bits per heavy atom. The van der Waals surface area contributed by atoms with Crippen LogP contribution in [-0.2, 0) is 15.7 Å². The molecule has 0 aliphatic carbocycles. The summed E-state index contributed by atoms with van der Waals surface area (Å²) in [4.78, 5) is 30.4. The Hall–Kier alpha value is -4.71. The van der Waals surface area contributed by atoms with Gasteiger partial charge in [-0.2, -0.15) is 23.7 Å². The third-order valence-corrected chi connectivity index (χ3v) is 4.91. The first-order chi connectivity index (χ1) is 17.2. The normalized spacial score (nSPS) is 10.8. The zero-order chi connectivity index (χ0) is 26.1. The van der Waals surface area contributed by atoms with Gasteiger partial charge in [-0.3, -0.25) is 4.79 Å². The summed E-state index contributed by atoms with van der Waals surface area (Å²) in [6.45, 7) is -0.557. The molecule has 3 aromatic rings. The van der Waals surface area contributed by atoms with Crippen LogP contribution in [0.3, 0.4) is 0 Å². The van der Waals surface area contributed by atoms with Crippen molar-refractivity contribution in [2.75, 3.05) is 19.7 Å². The highest BCUT2D eigenvalue weighted by Gasteiger charge is 2.31. The van der Waals surface area contributed by atoms with Crippen LogP contribution in [0.1, 0.15) is 29.0 Å². The SMILES string of the molecule is N#CCCN(CCC#N)C(=O)COC(=O)c1nc(-c2ccccc2)n(-c2cccc(C(F)(F)F)c2)n1. The number of carbonyl (C=O) groups is 2. The molecule has 0 unspecified atom stereocenters. The lowest BCUT2D eigenvalue weighted by Crippen LogP contribution is -2.36. The van der Waals surface area contributed by atoms with E-state index in [0.29, 0.717) is 5.56 Å². The minimum atomic E-state index is -4.59. The van der Waals surface area contributed by atoms with Crippen LogP contribution in [-0.4, -0.2) is 51.2 Å². The van der Waals surface area contributed by atoms with Crippen LogP contribution >= 0.6 is 0 Å². The van der Waals surface area contributed by atoms with E-state index in [9.17, 15) is 22.8 Å². The number of ether oxygens (including phenoxy) is 1. The molecule has 0 saturated heterocycles. The maximum Gasteiger partial charge on any atom is 0.416 e. The third kappa shape index (κ3) is 6.45. The summed E-state index contributed by atoms with van der Waals surface area (Å²) in [5.74, 6) is -2.04. The fourth-order valence-electron chi connectivity index (χ4n) is 3.18. The molecule has 0 atom stereocenters. The van der Waals surface area contributed by atoms with Crippen molar-refractivity contribution in [3.05, 3.63) is 66.0 Å². The van der Waals surface area contributed by atoms with E-state index in [1.54, 1.807) is 30.3 Å². The maximum absolute atomic E-state index is 13.2. The molecule has 36 heavy (non-hydrogen) atoms. The monoisotopic (exact) mass is 496 g/mol. The molecule has 0 fully saturated rings. The molecule has 0 saturated carbocycles. The highest BCUT2D eigenvalue weighted by atomic mass is 19.4. The van der Waals surface area contributed by atoms with Gasteiger partial charge < -0.3 is 9.64 Å². The zero-order valence-corrected chi connectivity index (χ0v) is 18.8. The summed E-state index contributed by atoms with van der Waals surface area (Å²) in [5, 5.41) is 21.5. The van der Waals surface area contributed by atoms with Crippen molar-refractivity contribution in [3.8, 4) is 29.2 Å². The number of carbonyl (C=O) groups excluding carboxylic acids is 2. The van der Waals surface area contributed by atoms with Gasteiger partial charge in [0.1, 0.15) is 0 Å². The average molecular weight is 496 g/mol. The topological polar surface area (TPSA) is 125 Å². The van der Waals surface area contributed by atoms with Crippen LogP contribution in [0.15, 0.2) is 54.6 Å². The maximum atomic E-state index is 13.2. The van der Waals surface area contributed by atoms with Crippen LogP contribution in [0.2, 0.25) is 0 Å². The van der Waals surface area contributed by atoms with Gasteiger partial charge in [0.25, 0.3) is 11.7 Å². The zero-order valence-electron chi connectivity index (χ0n) is 18.8. The standard InChI is InChI=1S/C24H19F3N6O3/c25-24(26,27)18-9-4-10-19(15-18)33-22(17-7-2-1-3-8-17)30-21(31-33)23(35)36-16-20(34)32(13-5-11-28)14-6-12-29/h1-4,7-10,15H,5-6,13-14,16H2. The summed E-state index contributed by atoms with van der Waals surface area (Å²) in [7, 11) is 0. The van der Waals surface area contributed by atoms with E-state index in [1.807, 2.05) is 12.1 Å². The number of aromatic nitrogens is 3. The van der Waals surface area contributed by atoms with Crippen LogP contribution in [0.4, 0.5) is 13.2 Å². The highest BCUT2D eigenvalue weighted by Crippen LogP contribution is 2.31. The molecule has 12 heteroatoms. The van der Waals surface area contributed by atoms with Crippen molar-refractivity contribution in [3.63, 3.8) is 0 Å². The predicted molar refractivity (Wildman–Crippen MR) is 119 cm³/mol. The molecule has 0 spiro atoms. The molecule has 1 amide bonds. The molecular formula is C24H19F3N6O3. The third-order valence-electron chi connectivity index (χ3n) is 4.91. The molecule has 2 aromatic carbocycles. The van der Waals surface area contributed by atoms with Gasteiger partial charge in [0.15, 0.2) is 12.4 Å². The van der Waals surface area contributed by atoms with Crippen molar-refractivity contribution in [1.29, 1.82) is 10.5 Å². The molecule has 0 aliphatic rings. The van der Waals surface area contributed by atoms with Crippen molar-refractivity contribution < 1.29 is 27.5 Å². The summed E-state index contributed by atoms with van der Waals surface area (Å²) in [6.07, 6.45) is -4.52. The lowest BCUT2D eigenvalue weighted by molar-refractivity contribution is -0.137. The number of nitriles is 2. The van der Waals surface area contributed by atoms with E-state index in [0.717, 1.165) is 16.8 Å². The van der Waals surface area contributed by atoms with Crippen molar-refractivity contribution in [2.45, 2.75) is 19.0 Å². The number of alkyl halides is 3. The van der Waals surface area contributed by atoms with E-state index in [1.165, 1.54) is 17.0 Å². The number of esters is 1. The number of benzene rings is 2. The molecule has 3 rings (SSSR count). The van der Waals surface area contributed by atoms with Crippen molar-refractivity contribution >= 4 is 11.9 Å². The van der Waals surface area contributed by atoms with Gasteiger partial charge in [0.05, 0.1) is 36.2 Å². The first kappa shape index (κ1) is 25.9. The molecule has 1 heterocycles. The second kappa shape index (κ2) is 11.6. The molecule has 0 bridgehead atoms. The van der Waals surface area contributed by atoms with Gasteiger partial charge in [-0.25, -0.2) is 14.5 Å². The Morgan fingerprint density at radius 3 is 2.28 bits per heavy atom. The first-order valence-electron chi connectivity index (χ1n) is 10.6. The van der Waals surface area contributed by atoms with Gasteiger partial charge >= 0.3 is 12.1 Å². The number of amides is 1. The van der Waals surface area contributed by atoms with Gasteiger partial charge in [-0.1, -0.05) is 36.4 Å². The molecule has 184 valence electrons. The van der Waals surface area contributed by atoms with Gasteiger partial charge in [0, 0.05) is 18.7 Å². The molecule has 1 aromatic heterocycles. The smallest absolute Gasteiger partial charge is 0.416 e. The second-order valence-corrected chi connectivity index (χ2v) is 7.36. The van der Waals surface area contributed by atoms with E-state index in [4.69, 9.17) is 15.3 Å². The molecule has 9 nitrogen and oxygen atoms in total. The van der Waals surface area contributed by atoms with Gasteiger partial charge in [0.2, 0.25) is 0 Å². The predicted octanol–water partition coefficient (Wildman–Crippen LogP) is 3.77. The minimum Gasteiger partial charge on any atom is -0.450 e. The number of hydrogen-bond donors (Lipinski definition) is 0. The van der Waals surface area contributed by atoms with Crippen LogP contribution in [0.25, 0.3) is 17.1 Å². The summed E-state index contributed by atoms with van der Waals surface area (Å²) < 4.78 is 45.9. The highest BCUT2D eigenvalue weighted by molar-refractivity contribution is 5.88. The Labute approximate surface area is 204 Å². The fraction of sp³-hybridized carbons (Fsp3) is 0.250. The van der Waals surface area contributed by atoms with E-state index in [2.05, 4.69) is 10.1 Å². The van der Waals surface area contributed by atoms with Gasteiger partial charge in [-0.05, 0) is 18.2 Å². The van der Waals surface area contributed by atoms with Crippen LogP contribution in [0, 0.1) is 22.7 Å². The van der Waals surface area contributed by atoms with Gasteiger partial charge in [-0.15, -0.1) is 5.10 Å². The first-order valence-corrected chi connectivity index (χ1v) is 10.6. The van der Waals surface area contributed by atoms with E-state index >= 15 is 0 Å². The Kier molecular flexibility index (Phi) is 8.36. The molecule has 0 aliphatic heterocycles. The average Bonchev–Trinajstić information content (AvgIpc) is 3.33. The fourth-order valence-corrected chi connectivity index (χ4v) is 3.18. The number of halogens is 3. The number of nitrogens with zero attached hydrogens (tertiary/aromatic N) is 6.